The molecular weight excluding hydrogens is 206 g/mol. The van der Waals surface area contributed by atoms with Crippen LogP contribution < -0.4 is 0 Å². The number of carbonyl (C=O) groups excluding carboxylic acids is 2. The number of ether oxygens (including phenoxy) is 1. The van der Waals surface area contributed by atoms with Crippen molar-refractivity contribution >= 4 is 11.8 Å². The molecule has 1 aliphatic rings. The fourth-order valence-corrected chi connectivity index (χ4v) is 1.80. The number of rotatable bonds is 2. The zero-order valence-electron chi connectivity index (χ0n) is 9.16. The number of ketones is 1. The normalized spacial score (nSPS) is 14.4. The number of hydrogen-bond acceptors (Lipinski definition) is 4. The molecule has 0 fully saturated rings. The number of aryl methyl sites for hydroxylation is 1. The van der Waals surface area contributed by atoms with Crippen LogP contribution in [0.2, 0.25) is 0 Å². The van der Waals surface area contributed by atoms with Gasteiger partial charge in [-0.05, 0) is 25.0 Å². The maximum atomic E-state index is 11.5. The molecule has 0 amide bonds. The number of Topliss-reactive ketones (excluding diaryl/α,β-unsaturated/α-hetero) is 1. The van der Waals surface area contributed by atoms with Gasteiger partial charge in [0, 0.05) is 24.7 Å². The minimum Gasteiger partial charge on any atom is -0.462 e. The first-order chi connectivity index (χ1) is 7.70. The summed E-state index contributed by atoms with van der Waals surface area (Å²) in [6.07, 6.45) is 3.14. The molecule has 84 valence electrons. The van der Waals surface area contributed by atoms with Gasteiger partial charge in [0.1, 0.15) is 5.78 Å². The molecule has 0 radical (unpaired) electrons. The van der Waals surface area contributed by atoms with E-state index in [1.807, 2.05) is 0 Å². The highest BCUT2D eigenvalue weighted by molar-refractivity contribution is 5.90. The zero-order chi connectivity index (χ0) is 11.5. The maximum Gasteiger partial charge on any atom is 0.339 e. The first-order valence-electron chi connectivity index (χ1n) is 5.37. The second-order valence-electron chi connectivity index (χ2n) is 3.77. The summed E-state index contributed by atoms with van der Waals surface area (Å²) in [5, 5.41) is 0. The number of hydrogen-bond donors (Lipinski definition) is 0. The Hall–Kier alpha value is -1.71. The van der Waals surface area contributed by atoms with E-state index in [-0.39, 0.29) is 11.8 Å². The fourth-order valence-electron chi connectivity index (χ4n) is 1.80. The number of aromatic nitrogens is 1. The van der Waals surface area contributed by atoms with Crippen LogP contribution in [0, 0.1) is 0 Å². The summed E-state index contributed by atoms with van der Waals surface area (Å²) in [4.78, 5) is 27.0. The molecule has 0 N–H and O–H groups in total. The molecule has 4 heteroatoms. The minimum absolute atomic E-state index is 0.204. The van der Waals surface area contributed by atoms with Crippen molar-refractivity contribution in [2.45, 2.75) is 26.2 Å². The van der Waals surface area contributed by atoms with Crippen LogP contribution >= 0.6 is 0 Å². The number of fused-ring (bicyclic) bond motifs is 1. The first-order valence-corrected chi connectivity index (χ1v) is 5.37. The molecule has 0 aromatic carbocycles. The van der Waals surface area contributed by atoms with Crippen LogP contribution in [-0.2, 0) is 22.4 Å². The molecule has 4 nitrogen and oxygen atoms in total. The highest BCUT2D eigenvalue weighted by Crippen LogP contribution is 2.18. The summed E-state index contributed by atoms with van der Waals surface area (Å²) in [7, 11) is 0. The third-order valence-electron chi connectivity index (χ3n) is 2.60. The first kappa shape index (κ1) is 10.8. The van der Waals surface area contributed by atoms with Gasteiger partial charge in [-0.2, -0.15) is 0 Å². The van der Waals surface area contributed by atoms with Gasteiger partial charge in [-0.1, -0.05) is 0 Å². The molecule has 0 saturated heterocycles. The van der Waals surface area contributed by atoms with Gasteiger partial charge >= 0.3 is 5.97 Å². The Balaban J connectivity index is 2.27. The topological polar surface area (TPSA) is 56.3 Å². The molecule has 0 aliphatic heterocycles. The second kappa shape index (κ2) is 4.43. The fraction of sp³-hybridized carbons (Fsp3) is 0.417. The van der Waals surface area contributed by atoms with E-state index in [1.54, 1.807) is 13.0 Å². The van der Waals surface area contributed by atoms with Gasteiger partial charge in [0.2, 0.25) is 0 Å². The van der Waals surface area contributed by atoms with E-state index in [4.69, 9.17) is 4.74 Å². The molecule has 0 saturated carbocycles. The maximum absolute atomic E-state index is 11.5. The molecule has 1 aromatic rings. The lowest BCUT2D eigenvalue weighted by molar-refractivity contribution is -0.118. The van der Waals surface area contributed by atoms with Gasteiger partial charge in [0.25, 0.3) is 0 Å². The summed E-state index contributed by atoms with van der Waals surface area (Å²) in [6, 6.07) is 1.72. The Labute approximate surface area is 93.6 Å². The Morgan fingerprint density at radius 2 is 2.31 bits per heavy atom. The van der Waals surface area contributed by atoms with E-state index >= 15 is 0 Å². The number of carbonyl (C=O) groups is 2. The van der Waals surface area contributed by atoms with E-state index < -0.39 is 0 Å². The van der Waals surface area contributed by atoms with Crippen LogP contribution in [0.4, 0.5) is 0 Å². The van der Waals surface area contributed by atoms with Gasteiger partial charge in [0.15, 0.2) is 0 Å². The van der Waals surface area contributed by atoms with E-state index in [0.29, 0.717) is 31.4 Å². The minimum atomic E-state index is -0.379. The Kier molecular flexibility index (Phi) is 2.99. The van der Waals surface area contributed by atoms with Crippen molar-refractivity contribution in [3.63, 3.8) is 0 Å². The van der Waals surface area contributed by atoms with Gasteiger partial charge in [-0.25, -0.2) is 4.79 Å². The summed E-state index contributed by atoms with van der Waals surface area (Å²) in [5.41, 5.74) is 2.21. The number of esters is 1. The third-order valence-corrected chi connectivity index (χ3v) is 2.60. The second-order valence-corrected chi connectivity index (χ2v) is 3.77. The van der Waals surface area contributed by atoms with Crippen LogP contribution in [0.15, 0.2) is 12.3 Å². The van der Waals surface area contributed by atoms with E-state index in [2.05, 4.69) is 4.98 Å². The predicted octanol–water partition coefficient (Wildman–Crippen LogP) is 1.32. The van der Waals surface area contributed by atoms with Crippen LogP contribution in [-0.4, -0.2) is 23.3 Å². The molecule has 0 unspecified atom stereocenters. The molecule has 0 atom stereocenters. The highest BCUT2D eigenvalue weighted by atomic mass is 16.5. The Morgan fingerprint density at radius 1 is 1.50 bits per heavy atom. The van der Waals surface area contributed by atoms with Crippen LogP contribution in [0.3, 0.4) is 0 Å². The monoisotopic (exact) mass is 219 g/mol. The van der Waals surface area contributed by atoms with Gasteiger partial charge in [-0.15, -0.1) is 0 Å². The quantitative estimate of drug-likeness (QED) is 0.704. The van der Waals surface area contributed by atoms with Crippen molar-refractivity contribution in [2.75, 3.05) is 6.61 Å². The predicted molar refractivity (Wildman–Crippen MR) is 57.2 cm³/mol. The smallest absolute Gasteiger partial charge is 0.339 e. The average molecular weight is 219 g/mol. The molecule has 1 aromatic heterocycles. The SMILES string of the molecule is CCOC(=O)c1cnc2c(c1)CC(=O)CC2. The van der Waals surface area contributed by atoms with Gasteiger partial charge in [0.05, 0.1) is 12.2 Å². The summed E-state index contributed by atoms with van der Waals surface area (Å²) >= 11 is 0. The molecule has 16 heavy (non-hydrogen) atoms. The molecule has 1 heterocycles. The molecule has 0 bridgehead atoms. The lowest BCUT2D eigenvalue weighted by Crippen LogP contribution is -2.16. The molecule has 0 spiro atoms. The molecular formula is C12H13NO3. The molecule has 1 aliphatic carbocycles. The van der Waals surface area contributed by atoms with E-state index in [1.165, 1.54) is 6.20 Å². The van der Waals surface area contributed by atoms with E-state index in [9.17, 15) is 9.59 Å². The lowest BCUT2D eigenvalue weighted by atomic mass is 9.94. The van der Waals surface area contributed by atoms with Crippen LogP contribution in [0.1, 0.15) is 35.0 Å². The van der Waals surface area contributed by atoms with Crippen molar-refractivity contribution in [1.82, 2.24) is 4.98 Å². The zero-order valence-corrected chi connectivity index (χ0v) is 9.16. The van der Waals surface area contributed by atoms with Crippen LogP contribution in [0.25, 0.3) is 0 Å². The number of pyridine rings is 1. The van der Waals surface area contributed by atoms with Crippen molar-refractivity contribution in [1.29, 1.82) is 0 Å². The Morgan fingerprint density at radius 3 is 3.06 bits per heavy atom. The largest absolute Gasteiger partial charge is 0.462 e. The van der Waals surface area contributed by atoms with Crippen molar-refractivity contribution in [3.8, 4) is 0 Å². The van der Waals surface area contributed by atoms with Gasteiger partial charge < -0.3 is 4.74 Å². The molecule has 2 rings (SSSR count). The third kappa shape index (κ3) is 2.10. The summed E-state index contributed by atoms with van der Waals surface area (Å²) in [6.45, 7) is 2.10. The number of nitrogens with zero attached hydrogens (tertiary/aromatic N) is 1. The average Bonchev–Trinajstić information content (AvgIpc) is 2.28. The highest BCUT2D eigenvalue weighted by Gasteiger charge is 2.18. The summed E-state index contributed by atoms with van der Waals surface area (Å²) in [5.74, 6) is -0.175. The van der Waals surface area contributed by atoms with Crippen molar-refractivity contribution < 1.29 is 14.3 Å². The standard InChI is InChI=1S/C12H13NO3/c1-2-16-12(15)9-5-8-6-10(14)3-4-11(8)13-7-9/h5,7H,2-4,6H2,1H3. The van der Waals surface area contributed by atoms with E-state index in [0.717, 1.165) is 11.3 Å². The van der Waals surface area contributed by atoms with Crippen LogP contribution in [0.5, 0.6) is 0 Å². The Bertz CT molecular complexity index is 440. The van der Waals surface area contributed by atoms with Crippen molar-refractivity contribution in [3.05, 3.63) is 29.1 Å². The summed E-state index contributed by atoms with van der Waals surface area (Å²) < 4.78 is 4.88. The van der Waals surface area contributed by atoms with Crippen molar-refractivity contribution in [2.24, 2.45) is 0 Å². The van der Waals surface area contributed by atoms with Gasteiger partial charge in [-0.3, -0.25) is 9.78 Å². The lowest BCUT2D eigenvalue weighted by Gasteiger charge is -2.14.